The van der Waals surface area contributed by atoms with Gasteiger partial charge in [-0.15, -0.1) is 0 Å². The Bertz CT molecular complexity index is 491. The van der Waals surface area contributed by atoms with Gasteiger partial charge in [0.2, 0.25) is 0 Å². The molecule has 0 spiro atoms. The minimum Gasteiger partial charge on any atom is -0.310 e. The lowest BCUT2D eigenvalue weighted by Gasteiger charge is -2.19. The van der Waals surface area contributed by atoms with Gasteiger partial charge >= 0.3 is 0 Å². The van der Waals surface area contributed by atoms with Gasteiger partial charge in [-0.05, 0) is 54.6 Å². The largest absolute Gasteiger partial charge is 0.310 e. The van der Waals surface area contributed by atoms with Crippen molar-refractivity contribution < 1.29 is 0 Å². The summed E-state index contributed by atoms with van der Waals surface area (Å²) in [6.07, 6.45) is 6.99. The molecule has 0 amide bonds. The molecule has 1 aromatic heterocycles. The van der Waals surface area contributed by atoms with Gasteiger partial charge in [0.15, 0.2) is 0 Å². The lowest BCUT2D eigenvalue weighted by molar-refractivity contribution is 0.529. The number of nitrogens with zero attached hydrogens (tertiary/aromatic N) is 1. The van der Waals surface area contributed by atoms with Crippen LogP contribution in [0.2, 0.25) is 0 Å². The first-order valence-electron chi connectivity index (χ1n) is 7.54. The van der Waals surface area contributed by atoms with Crippen LogP contribution in [0, 0.1) is 0 Å². The van der Waals surface area contributed by atoms with E-state index in [1.54, 1.807) is 0 Å². The van der Waals surface area contributed by atoms with E-state index >= 15 is 0 Å². The molecule has 2 heteroatoms. The fraction of sp³-hybridized carbons (Fsp3) is 0.389. The van der Waals surface area contributed by atoms with Crippen LogP contribution in [0.15, 0.2) is 48.8 Å². The predicted octanol–water partition coefficient (Wildman–Crippen LogP) is 3.93. The van der Waals surface area contributed by atoms with Gasteiger partial charge in [-0.25, -0.2) is 0 Å². The van der Waals surface area contributed by atoms with Crippen molar-refractivity contribution in [3.8, 4) is 0 Å². The number of nitrogens with one attached hydrogen (secondary N) is 1. The first-order valence-corrected chi connectivity index (χ1v) is 7.54. The average molecular weight is 268 g/mol. The van der Waals surface area contributed by atoms with Crippen LogP contribution in [-0.4, -0.2) is 11.5 Å². The third-order valence-electron chi connectivity index (χ3n) is 3.62. The maximum Gasteiger partial charge on any atom is 0.0360 e. The van der Waals surface area contributed by atoms with Gasteiger partial charge < -0.3 is 5.32 Å². The zero-order valence-electron chi connectivity index (χ0n) is 12.5. The third kappa shape index (κ3) is 4.17. The summed E-state index contributed by atoms with van der Waals surface area (Å²) in [5.41, 5.74) is 4.09. The van der Waals surface area contributed by atoms with Crippen molar-refractivity contribution in [2.75, 3.05) is 6.54 Å². The van der Waals surface area contributed by atoms with Crippen LogP contribution < -0.4 is 5.32 Å². The second kappa shape index (κ2) is 7.81. The molecule has 0 aliphatic heterocycles. The monoisotopic (exact) mass is 268 g/mol. The molecular weight excluding hydrogens is 244 g/mol. The lowest BCUT2D eigenvalue weighted by Crippen LogP contribution is -2.24. The van der Waals surface area contributed by atoms with E-state index < -0.39 is 0 Å². The van der Waals surface area contributed by atoms with E-state index in [-0.39, 0.29) is 0 Å². The summed E-state index contributed by atoms with van der Waals surface area (Å²) in [7, 11) is 0. The SMILES string of the molecule is CCCNC(Cc1ccncc1)c1ccc(CC)cc1. The molecule has 1 unspecified atom stereocenters. The number of hydrogen-bond acceptors (Lipinski definition) is 2. The minimum absolute atomic E-state index is 0.378. The Labute approximate surface area is 122 Å². The Hall–Kier alpha value is -1.67. The molecule has 1 N–H and O–H groups in total. The molecule has 1 aromatic carbocycles. The zero-order chi connectivity index (χ0) is 14.2. The molecule has 0 bridgehead atoms. The highest BCUT2D eigenvalue weighted by Crippen LogP contribution is 2.19. The van der Waals surface area contributed by atoms with Crippen molar-refractivity contribution in [1.29, 1.82) is 0 Å². The molecule has 0 fully saturated rings. The van der Waals surface area contributed by atoms with E-state index in [0.29, 0.717) is 6.04 Å². The van der Waals surface area contributed by atoms with E-state index in [4.69, 9.17) is 0 Å². The van der Waals surface area contributed by atoms with Crippen molar-refractivity contribution in [1.82, 2.24) is 10.3 Å². The van der Waals surface area contributed by atoms with Crippen LogP contribution in [0.25, 0.3) is 0 Å². The number of rotatable bonds is 7. The van der Waals surface area contributed by atoms with Crippen LogP contribution in [0.5, 0.6) is 0 Å². The molecule has 0 aliphatic carbocycles. The number of benzene rings is 1. The standard InChI is InChI=1S/C18H24N2/c1-3-11-20-18(14-16-9-12-19-13-10-16)17-7-5-15(4-2)6-8-17/h5-10,12-13,18,20H,3-4,11,14H2,1-2H3. The topological polar surface area (TPSA) is 24.9 Å². The van der Waals surface area contributed by atoms with Crippen molar-refractivity contribution in [2.45, 2.75) is 39.2 Å². The highest BCUT2D eigenvalue weighted by molar-refractivity contribution is 5.27. The predicted molar refractivity (Wildman–Crippen MR) is 84.8 cm³/mol. The molecule has 20 heavy (non-hydrogen) atoms. The van der Waals surface area contributed by atoms with Crippen molar-refractivity contribution in [3.05, 3.63) is 65.5 Å². The zero-order valence-corrected chi connectivity index (χ0v) is 12.5. The number of aryl methyl sites for hydroxylation is 1. The van der Waals surface area contributed by atoms with E-state index in [1.807, 2.05) is 12.4 Å². The molecular formula is C18H24N2. The molecule has 0 saturated heterocycles. The molecule has 1 atom stereocenters. The number of pyridine rings is 1. The first-order chi connectivity index (χ1) is 9.83. The normalized spacial score (nSPS) is 12.3. The molecule has 2 aromatic rings. The summed E-state index contributed by atoms with van der Waals surface area (Å²) >= 11 is 0. The summed E-state index contributed by atoms with van der Waals surface area (Å²) in [5.74, 6) is 0. The maximum atomic E-state index is 4.09. The van der Waals surface area contributed by atoms with Crippen molar-refractivity contribution in [2.24, 2.45) is 0 Å². The smallest absolute Gasteiger partial charge is 0.0360 e. The van der Waals surface area contributed by atoms with Gasteiger partial charge in [0.25, 0.3) is 0 Å². The van der Waals surface area contributed by atoms with E-state index in [0.717, 1.165) is 25.8 Å². The molecule has 0 radical (unpaired) electrons. The van der Waals surface area contributed by atoms with Gasteiger partial charge in [-0.2, -0.15) is 0 Å². The quantitative estimate of drug-likeness (QED) is 0.823. The highest BCUT2D eigenvalue weighted by Gasteiger charge is 2.11. The van der Waals surface area contributed by atoms with Gasteiger partial charge in [-0.3, -0.25) is 4.98 Å². The number of aromatic nitrogens is 1. The Kier molecular flexibility index (Phi) is 5.75. The third-order valence-corrected chi connectivity index (χ3v) is 3.62. The minimum atomic E-state index is 0.378. The summed E-state index contributed by atoms with van der Waals surface area (Å²) in [5, 5.41) is 3.65. The summed E-state index contributed by atoms with van der Waals surface area (Å²) in [6, 6.07) is 13.6. The van der Waals surface area contributed by atoms with Crippen LogP contribution >= 0.6 is 0 Å². The highest BCUT2D eigenvalue weighted by atomic mass is 14.9. The Morgan fingerprint density at radius 3 is 2.25 bits per heavy atom. The van der Waals surface area contributed by atoms with Crippen molar-refractivity contribution in [3.63, 3.8) is 0 Å². The summed E-state index contributed by atoms with van der Waals surface area (Å²) < 4.78 is 0. The van der Waals surface area contributed by atoms with Gasteiger partial charge in [0.1, 0.15) is 0 Å². The van der Waals surface area contributed by atoms with Crippen LogP contribution in [0.4, 0.5) is 0 Å². The molecule has 0 saturated carbocycles. The van der Waals surface area contributed by atoms with Crippen LogP contribution in [0.3, 0.4) is 0 Å². The second-order valence-corrected chi connectivity index (χ2v) is 5.16. The maximum absolute atomic E-state index is 4.09. The van der Waals surface area contributed by atoms with Crippen LogP contribution in [-0.2, 0) is 12.8 Å². The molecule has 106 valence electrons. The van der Waals surface area contributed by atoms with Gasteiger partial charge in [0.05, 0.1) is 0 Å². The van der Waals surface area contributed by atoms with E-state index in [1.165, 1.54) is 16.7 Å². The Balaban J connectivity index is 2.13. The van der Waals surface area contributed by atoms with Crippen molar-refractivity contribution >= 4 is 0 Å². The summed E-state index contributed by atoms with van der Waals surface area (Å²) in [4.78, 5) is 4.09. The van der Waals surface area contributed by atoms with E-state index in [2.05, 4.69) is 60.5 Å². The second-order valence-electron chi connectivity index (χ2n) is 5.16. The Morgan fingerprint density at radius 1 is 0.950 bits per heavy atom. The fourth-order valence-electron chi connectivity index (χ4n) is 2.37. The van der Waals surface area contributed by atoms with Gasteiger partial charge in [-0.1, -0.05) is 38.1 Å². The fourth-order valence-corrected chi connectivity index (χ4v) is 2.37. The Morgan fingerprint density at radius 2 is 1.65 bits per heavy atom. The first kappa shape index (κ1) is 14.7. The average Bonchev–Trinajstić information content (AvgIpc) is 2.52. The number of hydrogen-bond donors (Lipinski definition) is 1. The molecule has 2 nitrogen and oxygen atoms in total. The van der Waals surface area contributed by atoms with Crippen LogP contribution in [0.1, 0.15) is 43.0 Å². The molecule has 2 rings (SSSR count). The summed E-state index contributed by atoms with van der Waals surface area (Å²) in [6.45, 7) is 5.45. The molecule has 1 heterocycles. The van der Waals surface area contributed by atoms with E-state index in [9.17, 15) is 0 Å². The lowest BCUT2D eigenvalue weighted by atomic mass is 9.98. The molecule has 0 aliphatic rings. The van der Waals surface area contributed by atoms with Gasteiger partial charge in [0, 0.05) is 18.4 Å².